The van der Waals surface area contributed by atoms with Crippen molar-refractivity contribution in [1.29, 1.82) is 0 Å². The molecule has 0 radical (unpaired) electrons. The molecule has 1 unspecified atom stereocenters. The van der Waals surface area contributed by atoms with E-state index in [2.05, 4.69) is 5.32 Å². The molecule has 0 spiro atoms. The zero-order chi connectivity index (χ0) is 16.2. The molecule has 1 aliphatic carbocycles. The molecule has 1 saturated carbocycles. The van der Waals surface area contributed by atoms with Gasteiger partial charge in [-0.15, -0.1) is 0 Å². The summed E-state index contributed by atoms with van der Waals surface area (Å²) < 4.78 is 18.5. The smallest absolute Gasteiger partial charge is 0.305 e. The van der Waals surface area contributed by atoms with Crippen molar-refractivity contribution < 1.29 is 23.8 Å². The second-order valence-corrected chi connectivity index (χ2v) is 5.76. The molecule has 0 heterocycles. The third-order valence-electron chi connectivity index (χ3n) is 3.92. The van der Waals surface area contributed by atoms with Crippen LogP contribution in [0.2, 0.25) is 0 Å². The van der Waals surface area contributed by atoms with Crippen LogP contribution in [0.5, 0.6) is 5.75 Å². The first-order chi connectivity index (χ1) is 10.4. The summed E-state index contributed by atoms with van der Waals surface area (Å²) in [5.41, 5.74) is -0.692. The van der Waals surface area contributed by atoms with Gasteiger partial charge in [0.05, 0.1) is 12.0 Å². The molecule has 5 nitrogen and oxygen atoms in total. The Labute approximate surface area is 128 Å². The molecule has 2 rings (SSSR count). The van der Waals surface area contributed by atoms with Gasteiger partial charge in [0.15, 0.2) is 6.10 Å². The maximum atomic E-state index is 13.1. The minimum Gasteiger partial charge on any atom is -0.481 e. The Morgan fingerprint density at radius 3 is 2.68 bits per heavy atom. The van der Waals surface area contributed by atoms with Gasteiger partial charge in [-0.1, -0.05) is 18.9 Å². The van der Waals surface area contributed by atoms with Crippen LogP contribution in [0.15, 0.2) is 24.3 Å². The molecule has 1 aliphatic rings. The van der Waals surface area contributed by atoms with Gasteiger partial charge in [-0.05, 0) is 31.9 Å². The van der Waals surface area contributed by atoms with Gasteiger partial charge >= 0.3 is 5.97 Å². The van der Waals surface area contributed by atoms with E-state index in [1.807, 2.05) is 0 Å². The van der Waals surface area contributed by atoms with Gasteiger partial charge in [0.25, 0.3) is 5.91 Å². The lowest BCUT2D eigenvalue weighted by atomic mass is 9.93. The molecular formula is C16H20FNO4. The van der Waals surface area contributed by atoms with Gasteiger partial charge in [-0.2, -0.15) is 0 Å². The van der Waals surface area contributed by atoms with E-state index >= 15 is 0 Å². The van der Waals surface area contributed by atoms with Crippen LogP contribution in [0.25, 0.3) is 0 Å². The number of nitrogens with one attached hydrogen (secondary N) is 1. The molecule has 0 aromatic heterocycles. The lowest BCUT2D eigenvalue weighted by Crippen LogP contribution is -2.51. The maximum Gasteiger partial charge on any atom is 0.305 e. The minimum atomic E-state index is -0.930. The number of carboxylic acid groups (broad SMARTS) is 1. The highest BCUT2D eigenvalue weighted by atomic mass is 19.1. The number of rotatable bonds is 6. The lowest BCUT2D eigenvalue weighted by Gasteiger charge is -2.30. The van der Waals surface area contributed by atoms with Gasteiger partial charge in [0, 0.05) is 6.07 Å². The molecule has 0 aliphatic heterocycles. The van der Waals surface area contributed by atoms with E-state index in [1.165, 1.54) is 18.2 Å². The average molecular weight is 309 g/mol. The fourth-order valence-electron chi connectivity index (χ4n) is 2.85. The fraction of sp³-hybridized carbons (Fsp3) is 0.500. The molecule has 1 amide bonds. The third-order valence-corrected chi connectivity index (χ3v) is 3.92. The molecular weight excluding hydrogens is 289 g/mol. The van der Waals surface area contributed by atoms with E-state index in [9.17, 15) is 14.0 Å². The fourth-order valence-corrected chi connectivity index (χ4v) is 2.85. The molecule has 0 saturated heterocycles. The predicted molar refractivity (Wildman–Crippen MR) is 78.1 cm³/mol. The Kier molecular flexibility index (Phi) is 5.00. The molecule has 1 aromatic rings. The van der Waals surface area contributed by atoms with Gasteiger partial charge in [-0.3, -0.25) is 9.59 Å². The highest BCUT2D eigenvalue weighted by molar-refractivity contribution is 5.82. The molecule has 6 heteroatoms. The standard InChI is InChI=1S/C16H20FNO4/c1-11(22-13-6-4-5-12(17)9-13)15(21)18-16(10-14(19)20)7-2-3-8-16/h4-6,9,11H,2-3,7-8,10H2,1H3,(H,18,21)(H,19,20). The monoisotopic (exact) mass is 309 g/mol. The molecule has 1 aromatic carbocycles. The number of amides is 1. The quantitative estimate of drug-likeness (QED) is 0.846. The largest absolute Gasteiger partial charge is 0.481 e. The van der Waals surface area contributed by atoms with Gasteiger partial charge < -0.3 is 15.2 Å². The van der Waals surface area contributed by atoms with E-state index in [-0.39, 0.29) is 18.1 Å². The summed E-state index contributed by atoms with van der Waals surface area (Å²) in [6.07, 6.45) is 2.17. The summed E-state index contributed by atoms with van der Waals surface area (Å²) in [5.74, 6) is -1.49. The predicted octanol–water partition coefficient (Wildman–Crippen LogP) is 2.50. The normalized spacial score (nSPS) is 17.7. The Bertz CT molecular complexity index is 555. The van der Waals surface area contributed by atoms with E-state index in [4.69, 9.17) is 9.84 Å². The van der Waals surface area contributed by atoms with Crippen LogP contribution in [0.4, 0.5) is 4.39 Å². The number of carbonyl (C=O) groups excluding carboxylic acids is 1. The number of hydrogen-bond donors (Lipinski definition) is 2. The number of carboxylic acids is 1. The first-order valence-electron chi connectivity index (χ1n) is 7.36. The molecule has 0 bridgehead atoms. The van der Waals surface area contributed by atoms with Crippen LogP contribution in [0, 0.1) is 5.82 Å². The van der Waals surface area contributed by atoms with Crippen LogP contribution in [-0.4, -0.2) is 28.6 Å². The summed E-state index contributed by atoms with van der Waals surface area (Å²) in [7, 11) is 0. The summed E-state index contributed by atoms with van der Waals surface area (Å²) >= 11 is 0. The third kappa shape index (κ3) is 4.19. The summed E-state index contributed by atoms with van der Waals surface area (Å²) in [6, 6.07) is 5.55. The summed E-state index contributed by atoms with van der Waals surface area (Å²) in [4.78, 5) is 23.3. The van der Waals surface area contributed by atoms with Gasteiger partial charge in [0.1, 0.15) is 11.6 Å². The van der Waals surface area contributed by atoms with E-state index in [0.717, 1.165) is 12.8 Å². The van der Waals surface area contributed by atoms with Crippen molar-refractivity contribution in [1.82, 2.24) is 5.32 Å². The topological polar surface area (TPSA) is 75.6 Å². The average Bonchev–Trinajstić information content (AvgIpc) is 2.85. The van der Waals surface area contributed by atoms with Crippen LogP contribution in [-0.2, 0) is 9.59 Å². The SMILES string of the molecule is CC(Oc1cccc(F)c1)C(=O)NC1(CC(=O)O)CCCC1. The molecule has 1 atom stereocenters. The van der Waals surface area contributed by atoms with Crippen molar-refractivity contribution in [2.45, 2.75) is 50.7 Å². The van der Waals surface area contributed by atoms with Crippen molar-refractivity contribution in [3.8, 4) is 5.75 Å². The van der Waals surface area contributed by atoms with Crippen LogP contribution >= 0.6 is 0 Å². The zero-order valence-corrected chi connectivity index (χ0v) is 12.5. The Balaban J connectivity index is 1.99. The van der Waals surface area contributed by atoms with Gasteiger partial charge in [-0.25, -0.2) is 4.39 Å². The van der Waals surface area contributed by atoms with Crippen molar-refractivity contribution >= 4 is 11.9 Å². The number of ether oxygens (including phenoxy) is 1. The zero-order valence-electron chi connectivity index (χ0n) is 12.5. The van der Waals surface area contributed by atoms with E-state index < -0.39 is 23.4 Å². The highest BCUT2D eigenvalue weighted by Gasteiger charge is 2.38. The van der Waals surface area contributed by atoms with E-state index in [1.54, 1.807) is 13.0 Å². The summed E-state index contributed by atoms with van der Waals surface area (Å²) in [6.45, 7) is 1.56. The molecule has 2 N–H and O–H groups in total. The second-order valence-electron chi connectivity index (χ2n) is 5.76. The first kappa shape index (κ1) is 16.3. The Hall–Kier alpha value is -2.11. The van der Waals surface area contributed by atoms with Crippen LogP contribution in [0.3, 0.4) is 0 Å². The number of carbonyl (C=O) groups is 2. The van der Waals surface area contributed by atoms with E-state index in [0.29, 0.717) is 12.8 Å². The van der Waals surface area contributed by atoms with Crippen LogP contribution in [0.1, 0.15) is 39.0 Å². The molecule has 1 fully saturated rings. The molecule has 120 valence electrons. The summed E-state index contributed by atoms with van der Waals surface area (Å²) in [5, 5.41) is 11.9. The van der Waals surface area contributed by atoms with Crippen molar-refractivity contribution in [3.05, 3.63) is 30.1 Å². The Morgan fingerprint density at radius 1 is 1.41 bits per heavy atom. The second kappa shape index (κ2) is 6.77. The number of aliphatic carboxylic acids is 1. The first-order valence-corrected chi connectivity index (χ1v) is 7.36. The maximum absolute atomic E-state index is 13.1. The van der Waals surface area contributed by atoms with Crippen molar-refractivity contribution in [2.24, 2.45) is 0 Å². The number of hydrogen-bond acceptors (Lipinski definition) is 3. The minimum absolute atomic E-state index is 0.0918. The Morgan fingerprint density at radius 2 is 2.09 bits per heavy atom. The lowest BCUT2D eigenvalue weighted by molar-refractivity contribution is -0.139. The number of benzene rings is 1. The van der Waals surface area contributed by atoms with Crippen molar-refractivity contribution in [2.75, 3.05) is 0 Å². The molecule has 22 heavy (non-hydrogen) atoms. The highest BCUT2D eigenvalue weighted by Crippen LogP contribution is 2.32. The van der Waals surface area contributed by atoms with Crippen molar-refractivity contribution in [3.63, 3.8) is 0 Å². The van der Waals surface area contributed by atoms with Crippen LogP contribution < -0.4 is 10.1 Å². The number of halogens is 1. The van der Waals surface area contributed by atoms with Gasteiger partial charge in [0.2, 0.25) is 0 Å².